The van der Waals surface area contributed by atoms with Crippen LogP contribution < -0.4 is 11.1 Å². The van der Waals surface area contributed by atoms with Crippen LogP contribution in [-0.2, 0) is 11.2 Å². The summed E-state index contributed by atoms with van der Waals surface area (Å²) in [5, 5.41) is 11.4. The number of nitrogens with zero attached hydrogens (tertiary/aromatic N) is 1. The van der Waals surface area contributed by atoms with Gasteiger partial charge in [0, 0.05) is 23.9 Å². The van der Waals surface area contributed by atoms with Gasteiger partial charge in [0.05, 0.1) is 12.0 Å². The first kappa shape index (κ1) is 14.5. The second-order valence-electron chi connectivity index (χ2n) is 4.38. The number of imidazole rings is 1. The summed E-state index contributed by atoms with van der Waals surface area (Å²) < 4.78 is 13.3. The van der Waals surface area contributed by atoms with Gasteiger partial charge in [-0.3, -0.25) is 4.79 Å². The number of carbonyl (C=O) groups is 2. The highest BCUT2D eigenvalue weighted by Gasteiger charge is 2.22. The van der Waals surface area contributed by atoms with Crippen LogP contribution >= 0.6 is 0 Å². The Kier molecular flexibility index (Phi) is 4.17. The molecular weight excluding hydrogens is 279 g/mol. The summed E-state index contributed by atoms with van der Waals surface area (Å²) in [5.41, 5.74) is 5.79. The number of carboxylic acids is 1. The van der Waals surface area contributed by atoms with Crippen molar-refractivity contribution in [3.63, 3.8) is 0 Å². The van der Waals surface area contributed by atoms with Gasteiger partial charge >= 0.3 is 5.97 Å². The largest absolute Gasteiger partial charge is 0.480 e. The van der Waals surface area contributed by atoms with Crippen LogP contribution in [0.25, 0.3) is 0 Å². The molecule has 0 aliphatic rings. The summed E-state index contributed by atoms with van der Waals surface area (Å²) >= 11 is 0. The maximum Gasteiger partial charge on any atom is 0.326 e. The quantitative estimate of drug-likeness (QED) is 0.600. The summed E-state index contributed by atoms with van der Waals surface area (Å²) in [6.45, 7) is 0. The molecule has 0 aliphatic heterocycles. The van der Waals surface area contributed by atoms with Crippen LogP contribution in [0.4, 0.5) is 10.1 Å². The van der Waals surface area contributed by atoms with E-state index in [0.29, 0.717) is 5.69 Å². The molecule has 0 aliphatic carbocycles. The molecule has 1 aromatic carbocycles. The monoisotopic (exact) mass is 292 g/mol. The first-order valence-electron chi connectivity index (χ1n) is 6.03. The van der Waals surface area contributed by atoms with Gasteiger partial charge in [-0.05, 0) is 18.2 Å². The van der Waals surface area contributed by atoms with Gasteiger partial charge in [0.1, 0.15) is 11.9 Å². The number of nitrogen functional groups attached to an aromatic ring is 1. The van der Waals surface area contributed by atoms with Crippen molar-refractivity contribution in [3.8, 4) is 0 Å². The molecule has 2 aromatic rings. The van der Waals surface area contributed by atoms with E-state index >= 15 is 0 Å². The van der Waals surface area contributed by atoms with Crippen molar-refractivity contribution in [3.05, 3.63) is 47.8 Å². The van der Waals surface area contributed by atoms with Crippen molar-refractivity contribution in [2.75, 3.05) is 5.73 Å². The van der Waals surface area contributed by atoms with E-state index in [1.54, 1.807) is 0 Å². The first-order chi connectivity index (χ1) is 9.97. The Morgan fingerprint density at radius 3 is 2.81 bits per heavy atom. The van der Waals surface area contributed by atoms with Gasteiger partial charge in [-0.15, -0.1) is 0 Å². The van der Waals surface area contributed by atoms with Crippen LogP contribution in [0.15, 0.2) is 30.7 Å². The minimum absolute atomic E-state index is 0.00226. The summed E-state index contributed by atoms with van der Waals surface area (Å²) in [5.74, 6) is -2.63. The molecule has 0 radical (unpaired) electrons. The molecule has 1 aromatic heterocycles. The molecule has 0 bridgehead atoms. The number of halogens is 1. The minimum atomic E-state index is -1.20. The van der Waals surface area contributed by atoms with Crippen LogP contribution in [0.2, 0.25) is 0 Å². The van der Waals surface area contributed by atoms with Crippen molar-refractivity contribution in [2.24, 2.45) is 0 Å². The number of rotatable bonds is 5. The predicted molar refractivity (Wildman–Crippen MR) is 72.0 cm³/mol. The van der Waals surface area contributed by atoms with Crippen molar-refractivity contribution >= 4 is 17.6 Å². The van der Waals surface area contributed by atoms with Crippen LogP contribution in [0.5, 0.6) is 0 Å². The summed E-state index contributed by atoms with van der Waals surface area (Å²) in [4.78, 5) is 29.6. The Balaban J connectivity index is 2.10. The summed E-state index contributed by atoms with van der Waals surface area (Å²) in [6, 6.07) is 2.37. The van der Waals surface area contributed by atoms with Gasteiger partial charge in [-0.2, -0.15) is 0 Å². The van der Waals surface area contributed by atoms with E-state index in [1.165, 1.54) is 24.7 Å². The summed E-state index contributed by atoms with van der Waals surface area (Å²) in [6.07, 6.45) is 2.91. The van der Waals surface area contributed by atoms with E-state index in [1.807, 2.05) is 0 Å². The third kappa shape index (κ3) is 3.56. The van der Waals surface area contributed by atoms with Gasteiger partial charge in [0.25, 0.3) is 5.91 Å². The fraction of sp³-hybridized carbons (Fsp3) is 0.154. The molecule has 0 saturated heterocycles. The molecule has 21 heavy (non-hydrogen) atoms. The predicted octanol–water partition coefficient (Wildman–Crippen LogP) is 0.557. The minimum Gasteiger partial charge on any atom is -0.480 e. The fourth-order valence-corrected chi connectivity index (χ4v) is 1.73. The fourth-order valence-electron chi connectivity index (χ4n) is 1.73. The Labute approximate surface area is 119 Å². The van der Waals surface area contributed by atoms with Gasteiger partial charge in [0.15, 0.2) is 0 Å². The van der Waals surface area contributed by atoms with Crippen molar-refractivity contribution < 1.29 is 19.1 Å². The van der Waals surface area contributed by atoms with Crippen LogP contribution in [-0.4, -0.2) is 33.0 Å². The SMILES string of the molecule is Nc1ccc(C(=O)N[C@@H](Cc2cnc[nH]2)C(=O)O)cc1F. The lowest BCUT2D eigenvalue weighted by Gasteiger charge is -2.13. The molecule has 1 heterocycles. The number of carboxylic acid groups (broad SMARTS) is 1. The zero-order valence-corrected chi connectivity index (χ0v) is 10.8. The molecule has 0 fully saturated rings. The Morgan fingerprint density at radius 2 is 2.24 bits per heavy atom. The lowest BCUT2D eigenvalue weighted by atomic mass is 10.1. The first-order valence-corrected chi connectivity index (χ1v) is 6.03. The highest BCUT2D eigenvalue weighted by Crippen LogP contribution is 2.12. The number of nitrogens with one attached hydrogen (secondary N) is 2. The Bertz CT molecular complexity index is 657. The standard InChI is InChI=1S/C13H13FN4O3/c14-9-3-7(1-2-10(9)15)12(19)18-11(13(20)21)4-8-5-16-6-17-8/h1-3,5-6,11H,4,15H2,(H,16,17)(H,18,19)(H,20,21)/t11-/m0/s1. The number of H-pyrrole nitrogens is 1. The van der Waals surface area contributed by atoms with Gasteiger partial charge in [-0.1, -0.05) is 0 Å². The maximum absolute atomic E-state index is 13.3. The number of benzene rings is 1. The number of hydrogen-bond donors (Lipinski definition) is 4. The number of amides is 1. The topological polar surface area (TPSA) is 121 Å². The molecule has 0 unspecified atom stereocenters. The smallest absolute Gasteiger partial charge is 0.326 e. The highest BCUT2D eigenvalue weighted by atomic mass is 19.1. The van der Waals surface area contributed by atoms with Crippen molar-refractivity contribution in [2.45, 2.75) is 12.5 Å². The molecule has 0 spiro atoms. The van der Waals surface area contributed by atoms with Crippen LogP contribution in [0.1, 0.15) is 16.1 Å². The maximum atomic E-state index is 13.3. The van der Waals surface area contributed by atoms with E-state index in [0.717, 1.165) is 6.07 Å². The van der Waals surface area contributed by atoms with E-state index in [-0.39, 0.29) is 17.7 Å². The molecule has 8 heteroatoms. The van der Waals surface area contributed by atoms with Gasteiger partial charge in [0.2, 0.25) is 0 Å². The third-order valence-corrected chi connectivity index (χ3v) is 2.84. The molecule has 110 valence electrons. The number of carbonyl (C=O) groups excluding carboxylic acids is 1. The lowest BCUT2D eigenvalue weighted by molar-refractivity contribution is -0.139. The van der Waals surface area contributed by atoms with Crippen LogP contribution in [0, 0.1) is 5.82 Å². The number of aromatic amines is 1. The second-order valence-corrected chi connectivity index (χ2v) is 4.38. The zero-order valence-electron chi connectivity index (χ0n) is 10.8. The molecule has 1 atom stereocenters. The van der Waals surface area contributed by atoms with E-state index in [9.17, 15) is 14.0 Å². The normalized spacial score (nSPS) is 11.9. The Morgan fingerprint density at radius 1 is 1.48 bits per heavy atom. The van der Waals surface area contributed by atoms with E-state index in [4.69, 9.17) is 10.8 Å². The molecule has 0 saturated carbocycles. The average Bonchev–Trinajstić information content (AvgIpc) is 2.93. The molecule has 5 N–H and O–H groups in total. The van der Waals surface area contributed by atoms with Crippen LogP contribution in [0.3, 0.4) is 0 Å². The second kappa shape index (κ2) is 6.04. The van der Waals surface area contributed by atoms with E-state index < -0.39 is 23.7 Å². The van der Waals surface area contributed by atoms with Gasteiger partial charge < -0.3 is 21.1 Å². The molecular formula is C13H13FN4O3. The number of anilines is 1. The third-order valence-electron chi connectivity index (χ3n) is 2.84. The number of hydrogen-bond acceptors (Lipinski definition) is 4. The molecule has 1 amide bonds. The Hall–Kier alpha value is -2.90. The highest BCUT2D eigenvalue weighted by molar-refractivity contribution is 5.96. The number of nitrogens with two attached hydrogens (primary N) is 1. The lowest BCUT2D eigenvalue weighted by Crippen LogP contribution is -2.42. The van der Waals surface area contributed by atoms with E-state index in [2.05, 4.69) is 15.3 Å². The molecule has 2 rings (SSSR count). The average molecular weight is 292 g/mol. The van der Waals surface area contributed by atoms with Crippen molar-refractivity contribution in [1.82, 2.24) is 15.3 Å². The molecule has 7 nitrogen and oxygen atoms in total. The van der Waals surface area contributed by atoms with Gasteiger partial charge in [-0.25, -0.2) is 14.2 Å². The van der Waals surface area contributed by atoms with Crippen molar-refractivity contribution in [1.29, 1.82) is 0 Å². The zero-order chi connectivity index (χ0) is 15.4. The summed E-state index contributed by atoms with van der Waals surface area (Å²) in [7, 11) is 0. The number of aromatic nitrogens is 2. The number of aliphatic carboxylic acids is 1.